The average Bonchev–Trinajstić information content (AvgIpc) is 2.67. The Morgan fingerprint density at radius 1 is 1.11 bits per heavy atom. The minimum absolute atomic E-state index is 0.0522. The van der Waals surface area contributed by atoms with E-state index in [2.05, 4.69) is 15.0 Å². The molecule has 28 heavy (non-hydrogen) atoms. The summed E-state index contributed by atoms with van der Waals surface area (Å²) < 4.78 is 4.66. The summed E-state index contributed by atoms with van der Waals surface area (Å²) in [6.07, 6.45) is 0.550. The van der Waals surface area contributed by atoms with Crippen molar-refractivity contribution >= 4 is 51.8 Å². The third kappa shape index (κ3) is 4.18. The number of rotatable bonds is 5. The molecule has 0 aliphatic carbocycles. The predicted molar refractivity (Wildman–Crippen MR) is 108 cm³/mol. The van der Waals surface area contributed by atoms with E-state index in [-0.39, 0.29) is 39.6 Å². The zero-order valence-corrected chi connectivity index (χ0v) is 16.3. The fourth-order valence-corrected chi connectivity index (χ4v) is 3.33. The first-order chi connectivity index (χ1) is 13.4. The van der Waals surface area contributed by atoms with Gasteiger partial charge >= 0.3 is 5.97 Å². The fourth-order valence-electron chi connectivity index (χ4n) is 2.76. The number of nitrogens with one attached hydrogen (secondary N) is 1. The predicted octanol–water partition coefficient (Wildman–Crippen LogP) is 4.61. The standard InChI is InChI=1S/C20H16Cl2N2O4/c1-28-17(26)10-6-11-5-8-15(25)12-7-9-16(23-19(11)12)24-20(27)18-13(21)3-2-4-14(18)22/h2-5,7-9,25H,6,10H2,1H3,(H,23,24,27). The lowest BCUT2D eigenvalue weighted by Gasteiger charge is -2.11. The molecule has 2 aromatic carbocycles. The lowest BCUT2D eigenvalue weighted by Crippen LogP contribution is -2.14. The van der Waals surface area contributed by atoms with Gasteiger partial charge in [-0.1, -0.05) is 35.3 Å². The summed E-state index contributed by atoms with van der Waals surface area (Å²) >= 11 is 12.1. The second kappa shape index (κ2) is 8.46. The number of esters is 1. The quantitative estimate of drug-likeness (QED) is 0.590. The maximum Gasteiger partial charge on any atom is 0.305 e. The molecule has 0 spiro atoms. The number of anilines is 1. The molecule has 144 valence electrons. The number of phenols is 1. The van der Waals surface area contributed by atoms with Crippen LogP contribution in [0.25, 0.3) is 10.9 Å². The van der Waals surface area contributed by atoms with E-state index >= 15 is 0 Å². The second-order valence-electron chi connectivity index (χ2n) is 5.96. The van der Waals surface area contributed by atoms with Crippen molar-refractivity contribution in [2.24, 2.45) is 0 Å². The van der Waals surface area contributed by atoms with Crippen molar-refractivity contribution in [1.29, 1.82) is 0 Å². The van der Waals surface area contributed by atoms with Crippen LogP contribution in [0.1, 0.15) is 22.3 Å². The number of benzene rings is 2. The van der Waals surface area contributed by atoms with Crippen LogP contribution in [0.15, 0.2) is 42.5 Å². The Bertz CT molecular complexity index is 1050. The van der Waals surface area contributed by atoms with Gasteiger partial charge in [-0.3, -0.25) is 9.59 Å². The van der Waals surface area contributed by atoms with E-state index in [0.717, 1.165) is 5.56 Å². The smallest absolute Gasteiger partial charge is 0.305 e. The van der Waals surface area contributed by atoms with E-state index in [1.807, 2.05) is 0 Å². The highest BCUT2D eigenvalue weighted by molar-refractivity contribution is 6.40. The van der Waals surface area contributed by atoms with E-state index in [9.17, 15) is 14.7 Å². The minimum Gasteiger partial charge on any atom is -0.507 e. The molecule has 2 N–H and O–H groups in total. The number of hydrogen-bond donors (Lipinski definition) is 2. The van der Waals surface area contributed by atoms with Crippen molar-refractivity contribution in [3.8, 4) is 5.75 Å². The van der Waals surface area contributed by atoms with Crippen LogP contribution in [-0.4, -0.2) is 29.1 Å². The molecular weight excluding hydrogens is 403 g/mol. The van der Waals surface area contributed by atoms with Gasteiger partial charge in [0.05, 0.1) is 28.2 Å². The van der Waals surface area contributed by atoms with Crippen LogP contribution in [0.2, 0.25) is 10.0 Å². The number of fused-ring (bicyclic) bond motifs is 1. The molecule has 0 saturated heterocycles. The van der Waals surface area contributed by atoms with Crippen LogP contribution in [0.4, 0.5) is 5.82 Å². The van der Waals surface area contributed by atoms with E-state index in [4.69, 9.17) is 23.2 Å². The molecule has 1 aromatic heterocycles. The number of halogens is 2. The van der Waals surface area contributed by atoms with E-state index in [1.165, 1.54) is 7.11 Å². The topological polar surface area (TPSA) is 88.5 Å². The SMILES string of the molecule is COC(=O)CCc1ccc(O)c2ccc(NC(=O)c3c(Cl)cccc3Cl)nc12. The molecule has 0 aliphatic rings. The van der Waals surface area contributed by atoms with Gasteiger partial charge in [0.1, 0.15) is 11.6 Å². The lowest BCUT2D eigenvalue weighted by molar-refractivity contribution is -0.140. The molecule has 1 amide bonds. The second-order valence-corrected chi connectivity index (χ2v) is 6.78. The van der Waals surface area contributed by atoms with Gasteiger partial charge in [-0.15, -0.1) is 0 Å². The average molecular weight is 419 g/mol. The lowest BCUT2D eigenvalue weighted by atomic mass is 10.0. The van der Waals surface area contributed by atoms with Gasteiger partial charge in [-0.05, 0) is 42.3 Å². The number of carbonyl (C=O) groups is 2. The molecule has 3 aromatic rings. The molecule has 0 atom stereocenters. The summed E-state index contributed by atoms with van der Waals surface area (Å²) in [5, 5.41) is 13.7. The molecule has 0 fully saturated rings. The van der Waals surface area contributed by atoms with Gasteiger partial charge in [0.15, 0.2) is 0 Å². The number of ether oxygens (including phenoxy) is 1. The van der Waals surface area contributed by atoms with Gasteiger partial charge in [-0.2, -0.15) is 0 Å². The van der Waals surface area contributed by atoms with Crippen molar-refractivity contribution in [2.45, 2.75) is 12.8 Å². The number of pyridine rings is 1. The zero-order valence-electron chi connectivity index (χ0n) is 14.8. The first-order valence-corrected chi connectivity index (χ1v) is 9.10. The Kier molecular flexibility index (Phi) is 6.02. The van der Waals surface area contributed by atoms with E-state index in [0.29, 0.717) is 17.3 Å². The van der Waals surface area contributed by atoms with Crippen LogP contribution < -0.4 is 5.32 Å². The van der Waals surface area contributed by atoms with Crippen LogP contribution in [0.3, 0.4) is 0 Å². The molecule has 0 radical (unpaired) electrons. The molecule has 0 saturated carbocycles. The number of aryl methyl sites for hydroxylation is 1. The maximum atomic E-state index is 12.6. The number of nitrogens with zero attached hydrogens (tertiary/aromatic N) is 1. The summed E-state index contributed by atoms with van der Waals surface area (Å²) in [5.74, 6) is -0.535. The normalized spacial score (nSPS) is 10.7. The number of aromatic nitrogens is 1. The van der Waals surface area contributed by atoms with Gasteiger partial charge in [0.25, 0.3) is 5.91 Å². The highest BCUT2D eigenvalue weighted by Gasteiger charge is 2.16. The Morgan fingerprint density at radius 3 is 2.50 bits per heavy atom. The largest absolute Gasteiger partial charge is 0.507 e. The molecule has 0 bridgehead atoms. The Balaban J connectivity index is 1.94. The summed E-state index contributed by atoms with van der Waals surface area (Å²) in [5.41, 5.74) is 1.37. The highest BCUT2D eigenvalue weighted by atomic mass is 35.5. The maximum absolute atomic E-state index is 12.6. The monoisotopic (exact) mass is 418 g/mol. The number of aromatic hydroxyl groups is 1. The van der Waals surface area contributed by atoms with Gasteiger partial charge in [0, 0.05) is 11.8 Å². The van der Waals surface area contributed by atoms with Gasteiger partial charge < -0.3 is 15.2 Å². The number of carbonyl (C=O) groups excluding carboxylic acids is 2. The third-order valence-electron chi connectivity index (χ3n) is 4.18. The fraction of sp³-hybridized carbons (Fsp3) is 0.150. The highest BCUT2D eigenvalue weighted by Crippen LogP contribution is 2.29. The van der Waals surface area contributed by atoms with Crippen molar-refractivity contribution in [2.75, 3.05) is 12.4 Å². The van der Waals surface area contributed by atoms with Gasteiger partial charge in [-0.25, -0.2) is 4.98 Å². The zero-order chi connectivity index (χ0) is 20.3. The van der Waals surface area contributed by atoms with Crippen molar-refractivity contribution in [1.82, 2.24) is 4.98 Å². The Labute approximate surface area is 171 Å². The van der Waals surface area contributed by atoms with Crippen LogP contribution in [-0.2, 0) is 16.0 Å². The molecule has 6 nitrogen and oxygen atoms in total. The van der Waals surface area contributed by atoms with Crippen molar-refractivity contribution < 1.29 is 19.4 Å². The molecular formula is C20H16Cl2N2O4. The van der Waals surface area contributed by atoms with E-state index in [1.54, 1.807) is 42.5 Å². The van der Waals surface area contributed by atoms with Crippen LogP contribution in [0.5, 0.6) is 5.75 Å². The van der Waals surface area contributed by atoms with Crippen LogP contribution in [0, 0.1) is 0 Å². The van der Waals surface area contributed by atoms with E-state index < -0.39 is 5.91 Å². The Hall–Kier alpha value is -2.83. The Morgan fingerprint density at radius 2 is 1.82 bits per heavy atom. The first kappa shape index (κ1) is 19.9. The molecule has 3 rings (SSSR count). The van der Waals surface area contributed by atoms with Crippen molar-refractivity contribution in [3.05, 3.63) is 63.6 Å². The van der Waals surface area contributed by atoms with Gasteiger partial charge in [0.2, 0.25) is 0 Å². The van der Waals surface area contributed by atoms with Crippen LogP contribution >= 0.6 is 23.2 Å². The molecule has 8 heteroatoms. The summed E-state index contributed by atoms with van der Waals surface area (Å²) in [4.78, 5) is 28.4. The summed E-state index contributed by atoms with van der Waals surface area (Å²) in [7, 11) is 1.32. The summed E-state index contributed by atoms with van der Waals surface area (Å²) in [6, 6.07) is 11.2. The van der Waals surface area contributed by atoms with Crippen molar-refractivity contribution in [3.63, 3.8) is 0 Å². The number of methoxy groups -OCH3 is 1. The summed E-state index contributed by atoms with van der Waals surface area (Å²) in [6.45, 7) is 0. The molecule has 1 heterocycles. The first-order valence-electron chi connectivity index (χ1n) is 8.34. The number of hydrogen-bond acceptors (Lipinski definition) is 5. The molecule has 0 unspecified atom stereocenters. The molecule has 0 aliphatic heterocycles. The number of amides is 1. The number of phenolic OH excluding ortho intramolecular Hbond substituents is 1. The minimum atomic E-state index is -0.501. The third-order valence-corrected chi connectivity index (χ3v) is 4.81.